The van der Waals surface area contributed by atoms with E-state index >= 15 is 0 Å². The predicted molar refractivity (Wildman–Crippen MR) is 154 cm³/mol. The summed E-state index contributed by atoms with van der Waals surface area (Å²) in [5, 5.41) is 16.4. The number of hydrogen-bond donors (Lipinski definition) is 2. The standard InChI is InChI=1S/C32H33N5/c1-17(2)20(6)35-29-19(5)7-8-23-13-21(9-11-24(23)29)22-10-12-25-26(14-22)27-15-33-34-16-28(27)31-30(25)36-32(37-31)18(3)4/h9-18,35H,6-8H2,1-5H3,(H,36,37). The number of imidazole rings is 1. The van der Waals surface area contributed by atoms with E-state index in [4.69, 9.17) is 4.98 Å². The Morgan fingerprint density at radius 1 is 0.892 bits per heavy atom. The molecule has 2 N–H and O–H groups in total. The monoisotopic (exact) mass is 487 g/mol. The first-order valence-electron chi connectivity index (χ1n) is 13.2. The number of rotatable bonds is 5. The van der Waals surface area contributed by atoms with Crippen molar-refractivity contribution < 1.29 is 0 Å². The Hall–Kier alpha value is -3.99. The van der Waals surface area contributed by atoms with Gasteiger partial charge in [0.05, 0.1) is 23.4 Å². The van der Waals surface area contributed by atoms with Crippen LogP contribution in [0.5, 0.6) is 0 Å². The number of allylic oxidation sites excluding steroid dienone is 2. The lowest BCUT2D eigenvalue weighted by molar-refractivity contribution is 0.719. The van der Waals surface area contributed by atoms with E-state index in [9.17, 15) is 0 Å². The SMILES string of the molecule is C=C(NC1=C(C)CCc2cc(-c3ccc4c(c3)c3cnncc3c3nc(C(C)C)[nH]c43)ccc21)C(C)C. The van der Waals surface area contributed by atoms with E-state index < -0.39 is 0 Å². The van der Waals surface area contributed by atoms with E-state index in [0.29, 0.717) is 11.8 Å². The number of nitrogens with one attached hydrogen (secondary N) is 2. The molecule has 6 rings (SSSR count). The molecule has 3 aromatic carbocycles. The van der Waals surface area contributed by atoms with Crippen LogP contribution in [0.4, 0.5) is 0 Å². The van der Waals surface area contributed by atoms with Crippen molar-refractivity contribution in [3.63, 3.8) is 0 Å². The summed E-state index contributed by atoms with van der Waals surface area (Å²) in [5.41, 5.74) is 10.8. The van der Waals surface area contributed by atoms with E-state index in [2.05, 4.69) is 98.1 Å². The lowest BCUT2D eigenvalue weighted by Gasteiger charge is -2.25. The molecule has 0 fully saturated rings. The van der Waals surface area contributed by atoms with Crippen molar-refractivity contribution in [2.45, 2.75) is 53.4 Å². The molecule has 0 aliphatic heterocycles. The van der Waals surface area contributed by atoms with Gasteiger partial charge in [-0.05, 0) is 59.4 Å². The normalized spacial score (nSPS) is 13.8. The van der Waals surface area contributed by atoms with E-state index in [-0.39, 0.29) is 0 Å². The zero-order valence-electron chi connectivity index (χ0n) is 22.2. The molecular weight excluding hydrogens is 454 g/mol. The molecule has 5 heteroatoms. The van der Waals surface area contributed by atoms with Gasteiger partial charge < -0.3 is 10.3 Å². The molecule has 0 saturated heterocycles. The van der Waals surface area contributed by atoms with Crippen molar-refractivity contribution >= 4 is 38.3 Å². The van der Waals surface area contributed by atoms with Crippen molar-refractivity contribution in [3.8, 4) is 11.1 Å². The van der Waals surface area contributed by atoms with Crippen LogP contribution in [0.2, 0.25) is 0 Å². The average molecular weight is 488 g/mol. The molecule has 0 atom stereocenters. The molecular formula is C32H33N5. The van der Waals surface area contributed by atoms with Gasteiger partial charge in [-0.15, -0.1) is 0 Å². The Bertz CT molecular complexity index is 1740. The maximum absolute atomic E-state index is 4.92. The highest BCUT2D eigenvalue weighted by molar-refractivity contribution is 6.23. The molecule has 2 aromatic heterocycles. The Morgan fingerprint density at radius 2 is 1.62 bits per heavy atom. The molecule has 0 spiro atoms. The number of fused-ring (bicyclic) bond motifs is 7. The number of benzene rings is 3. The van der Waals surface area contributed by atoms with E-state index in [1.54, 1.807) is 0 Å². The van der Waals surface area contributed by atoms with E-state index in [1.807, 2.05) is 12.4 Å². The minimum absolute atomic E-state index is 0.317. The predicted octanol–water partition coefficient (Wildman–Crippen LogP) is 7.89. The maximum Gasteiger partial charge on any atom is 0.109 e. The van der Waals surface area contributed by atoms with Gasteiger partial charge in [-0.25, -0.2) is 4.98 Å². The van der Waals surface area contributed by atoms with Crippen LogP contribution in [0.3, 0.4) is 0 Å². The van der Waals surface area contributed by atoms with Gasteiger partial charge in [0.25, 0.3) is 0 Å². The second-order valence-electron chi connectivity index (χ2n) is 10.9. The number of H-pyrrole nitrogens is 1. The highest BCUT2D eigenvalue weighted by Crippen LogP contribution is 2.38. The van der Waals surface area contributed by atoms with Gasteiger partial charge in [0.15, 0.2) is 0 Å². The van der Waals surface area contributed by atoms with Crippen molar-refractivity contribution in [2.75, 3.05) is 0 Å². The van der Waals surface area contributed by atoms with Crippen LogP contribution in [-0.4, -0.2) is 20.2 Å². The number of nitrogens with zero attached hydrogens (tertiary/aromatic N) is 3. The Labute approximate surface area is 217 Å². The molecule has 1 aliphatic carbocycles. The van der Waals surface area contributed by atoms with Crippen molar-refractivity contribution in [1.29, 1.82) is 0 Å². The van der Waals surface area contributed by atoms with Crippen molar-refractivity contribution in [3.05, 3.63) is 83.6 Å². The van der Waals surface area contributed by atoms with Gasteiger partial charge in [0.1, 0.15) is 5.82 Å². The second-order valence-corrected chi connectivity index (χ2v) is 10.9. The summed E-state index contributed by atoms with van der Waals surface area (Å²) in [7, 11) is 0. The molecule has 2 heterocycles. The Balaban J connectivity index is 1.49. The third-order valence-corrected chi connectivity index (χ3v) is 7.72. The topological polar surface area (TPSA) is 66.5 Å². The van der Waals surface area contributed by atoms with Crippen LogP contribution in [0, 0.1) is 5.92 Å². The molecule has 186 valence electrons. The summed E-state index contributed by atoms with van der Waals surface area (Å²) >= 11 is 0. The van der Waals surface area contributed by atoms with Gasteiger partial charge in [0.2, 0.25) is 0 Å². The molecule has 0 unspecified atom stereocenters. The minimum Gasteiger partial charge on any atom is -0.359 e. The number of aromatic amines is 1. The zero-order valence-corrected chi connectivity index (χ0v) is 22.2. The molecule has 0 radical (unpaired) electrons. The highest BCUT2D eigenvalue weighted by atomic mass is 15.1. The van der Waals surface area contributed by atoms with Gasteiger partial charge in [0, 0.05) is 39.0 Å². The Kier molecular flexibility index (Phi) is 5.59. The maximum atomic E-state index is 4.92. The first-order chi connectivity index (χ1) is 17.8. The Morgan fingerprint density at radius 3 is 2.38 bits per heavy atom. The molecule has 1 aliphatic rings. The minimum atomic E-state index is 0.317. The summed E-state index contributed by atoms with van der Waals surface area (Å²) in [6.07, 6.45) is 5.81. The fourth-order valence-electron chi connectivity index (χ4n) is 5.32. The first kappa shape index (κ1) is 23.4. The third kappa shape index (κ3) is 3.90. The lowest BCUT2D eigenvalue weighted by Crippen LogP contribution is -2.19. The zero-order chi connectivity index (χ0) is 25.8. The summed E-state index contributed by atoms with van der Waals surface area (Å²) in [6.45, 7) is 15.1. The fourth-order valence-corrected chi connectivity index (χ4v) is 5.32. The van der Waals surface area contributed by atoms with Gasteiger partial charge in [-0.1, -0.05) is 64.6 Å². The van der Waals surface area contributed by atoms with Gasteiger partial charge >= 0.3 is 0 Å². The van der Waals surface area contributed by atoms with Crippen LogP contribution in [0.1, 0.15) is 63.9 Å². The van der Waals surface area contributed by atoms with Crippen LogP contribution in [-0.2, 0) is 6.42 Å². The lowest BCUT2D eigenvalue weighted by atomic mass is 9.87. The molecule has 0 saturated carbocycles. The number of hydrogen-bond acceptors (Lipinski definition) is 4. The van der Waals surface area contributed by atoms with Crippen LogP contribution in [0.15, 0.2) is 66.6 Å². The van der Waals surface area contributed by atoms with E-state index in [1.165, 1.54) is 33.5 Å². The number of aromatic nitrogens is 4. The molecule has 0 amide bonds. The summed E-state index contributed by atoms with van der Waals surface area (Å²) in [4.78, 5) is 8.51. The highest BCUT2D eigenvalue weighted by Gasteiger charge is 2.20. The van der Waals surface area contributed by atoms with Crippen molar-refractivity contribution in [2.24, 2.45) is 5.92 Å². The van der Waals surface area contributed by atoms with Gasteiger partial charge in [-0.2, -0.15) is 10.2 Å². The van der Waals surface area contributed by atoms with Crippen LogP contribution >= 0.6 is 0 Å². The second kappa shape index (κ2) is 8.84. The molecule has 37 heavy (non-hydrogen) atoms. The fraction of sp³-hybridized carbons (Fsp3) is 0.281. The van der Waals surface area contributed by atoms with Gasteiger partial charge in [-0.3, -0.25) is 0 Å². The summed E-state index contributed by atoms with van der Waals surface area (Å²) < 4.78 is 0. The molecule has 0 bridgehead atoms. The first-order valence-corrected chi connectivity index (χ1v) is 13.2. The molecule has 5 aromatic rings. The third-order valence-electron chi connectivity index (χ3n) is 7.72. The summed E-state index contributed by atoms with van der Waals surface area (Å²) in [6, 6.07) is 13.6. The largest absolute Gasteiger partial charge is 0.359 e. The van der Waals surface area contributed by atoms with Crippen LogP contribution in [0.25, 0.3) is 49.4 Å². The molecule has 5 nitrogen and oxygen atoms in total. The summed E-state index contributed by atoms with van der Waals surface area (Å²) in [5.74, 6) is 1.70. The van der Waals surface area contributed by atoms with Crippen molar-refractivity contribution in [1.82, 2.24) is 25.5 Å². The smallest absolute Gasteiger partial charge is 0.109 e. The number of aryl methyl sites for hydroxylation is 1. The van der Waals surface area contributed by atoms with E-state index in [0.717, 1.165) is 56.9 Å². The average Bonchev–Trinajstić information content (AvgIpc) is 3.36. The quantitative estimate of drug-likeness (QED) is 0.247. The van der Waals surface area contributed by atoms with Crippen LogP contribution < -0.4 is 5.32 Å².